The van der Waals surface area contributed by atoms with Crippen LogP contribution in [0.1, 0.15) is 27.7 Å². The number of hydrogen-bond acceptors (Lipinski definition) is 1. The highest BCUT2D eigenvalue weighted by Gasteiger charge is 2.32. The lowest BCUT2D eigenvalue weighted by molar-refractivity contribution is 0.0127. The zero-order chi connectivity index (χ0) is 7.71. The first-order chi connectivity index (χ1) is 3.81. The molecule has 1 radical (unpaired) electrons. The molecular weight excluding hydrogens is 112 g/mol. The molecule has 0 rings (SSSR count). The molecule has 51 valence electrons. The molecule has 0 aromatic heterocycles. The molecule has 1 unspecified atom stereocenters. The van der Waals surface area contributed by atoms with Crippen molar-refractivity contribution in [3.05, 3.63) is 6.42 Å². The number of rotatable bonds is 0. The summed E-state index contributed by atoms with van der Waals surface area (Å²) in [5.74, 6) is 2.09. The molecule has 0 aliphatic carbocycles. The van der Waals surface area contributed by atoms with Crippen LogP contribution in [0.25, 0.3) is 0 Å². The van der Waals surface area contributed by atoms with E-state index in [-0.39, 0.29) is 5.41 Å². The van der Waals surface area contributed by atoms with E-state index in [9.17, 15) is 5.11 Å². The smallest absolute Gasteiger partial charge is 0.128 e. The number of aliphatic hydroxyl groups is 1. The van der Waals surface area contributed by atoms with E-state index in [0.717, 1.165) is 0 Å². The van der Waals surface area contributed by atoms with Crippen molar-refractivity contribution in [1.82, 2.24) is 0 Å². The molecular formula is C8H13O. The van der Waals surface area contributed by atoms with Gasteiger partial charge in [0.1, 0.15) is 5.60 Å². The summed E-state index contributed by atoms with van der Waals surface area (Å²) < 4.78 is 0. The molecule has 1 N–H and O–H groups in total. The monoisotopic (exact) mass is 125 g/mol. The second-order valence-corrected chi connectivity index (χ2v) is 3.45. The molecule has 1 heteroatoms. The normalized spacial score (nSPS) is 18.2. The summed E-state index contributed by atoms with van der Waals surface area (Å²) >= 11 is 0. The van der Waals surface area contributed by atoms with Gasteiger partial charge in [-0.25, -0.2) is 0 Å². The van der Waals surface area contributed by atoms with Crippen LogP contribution in [0.4, 0.5) is 0 Å². The molecule has 0 aromatic carbocycles. The highest BCUT2D eigenvalue weighted by molar-refractivity contribution is 5.06. The zero-order valence-electron chi connectivity index (χ0n) is 6.45. The maximum atomic E-state index is 9.36. The van der Waals surface area contributed by atoms with Crippen molar-refractivity contribution < 1.29 is 5.11 Å². The second-order valence-electron chi connectivity index (χ2n) is 3.45. The van der Waals surface area contributed by atoms with Gasteiger partial charge in [0, 0.05) is 5.41 Å². The summed E-state index contributed by atoms with van der Waals surface area (Å²) in [7, 11) is 0. The maximum Gasteiger partial charge on any atom is 0.128 e. The van der Waals surface area contributed by atoms with E-state index < -0.39 is 5.60 Å². The van der Waals surface area contributed by atoms with Crippen LogP contribution in [-0.4, -0.2) is 10.7 Å². The van der Waals surface area contributed by atoms with Gasteiger partial charge in [0.05, 0.1) is 0 Å². The molecule has 0 aliphatic heterocycles. The maximum absolute atomic E-state index is 9.36. The lowest BCUT2D eigenvalue weighted by Crippen LogP contribution is -2.37. The number of hydrogen-bond donors (Lipinski definition) is 1. The molecule has 9 heavy (non-hydrogen) atoms. The molecule has 0 amide bonds. The van der Waals surface area contributed by atoms with Crippen molar-refractivity contribution in [2.24, 2.45) is 5.41 Å². The van der Waals surface area contributed by atoms with E-state index in [1.54, 1.807) is 6.92 Å². The van der Waals surface area contributed by atoms with Gasteiger partial charge in [-0.05, 0) is 13.3 Å². The van der Waals surface area contributed by atoms with Crippen LogP contribution in [0.5, 0.6) is 0 Å². The van der Waals surface area contributed by atoms with Crippen molar-refractivity contribution in [2.45, 2.75) is 33.3 Å². The van der Waals surface area contributed by atoms with Crippen molar-refractivity contribution in [2.75, 3.05) is 0 Å². The second kappa shape index (κ2) is 2.04. The SMILES string of the molecule is [C]#CC(C)(O)C(C)(C)C. The summed E-state index contributed by atoms with van der Waals surface area (Å²) in [6.45, 7) is 7.19. The highest BCUT2D eigenvalue weighted by Crippen LogP contribution is 2.28. The van der Waals surface area contributed by atoms with Crippen molar-refractivity contribution in [1.29, 1.82) is 0 Å². The minimum Gasteiger partial charge on any atom is -0.377 e. The first kappa shape index (κ1) is 8.52. The zero-order valence-corrected chi connectivity index (χ0v) is 6.45. The summed E-state index contributed by atoms with van der Waals surface area (Å²) in [6.07, 6.45) is 6.76. The summed E-state index contributed by atoms with van der Waals surface area (Å²) in [4.78, 5) is 0. The Balaban J connectivity index is 4.39. The fraction of sp³-hybridized carbons (Fsp3) is 0.750. The van der Waals surface area contributed by atoms with Gasteiger partial charge in [0.15, 0.2) is 0 Å². The molecule has 0 spiro atoms. The van der Waals surface area contributed by atoms with Crippen LogP contribution in [0.3, 0.4) is 0 Å². The fourth-order valence-electron chi connectivity index (χ4n) is 0.188. The van der Waals surface area contributed by atoms with Crippen molar-refractivity contribution in [3.63, 3.8) is 0 Å². The Morgan fingerprint density at radius 1 is 1.22 bits per heavy atom. The molecule has 0 aromatic rings. The molecule has 0 saturated carbocycles. The van der Waals surface area contributed by atoms with Gasteiger partial charge in [0.25, 0.3) is 0 Å². The topological polar surface area (TPSA) is 20.2 Å². The first-order valence-electron chi connectivity index (χ1n) is 2.97. The molecule has 0 bridgehead atoms. The van der Waals surface area contributed by atoms with E-state index in [2.05, 4.69) is 5.92 Å². The quantitative estimate of drug-likeness (QED) is 0.485. The highest BCUT2D eigenvalue weighted by atomic mass is 16.3. The van der Waals surface area contributed by atoms with Gasteiger partial charge < -0.3 is 5.11 Å². The van der Waals surface area contributed by atoms with Gasteiger partial charge in [-0.2, -0.15) is 0 Å². The minimum absolute atomic E-state index is 0.297. The Morgan fingerprint density at radius 3 is 1.56 bits per heavy atom. The standard InChI is InChI=1S/C8H13O/c1-6-8(5,9)7(2,3)4/h9H,2-5H3. The average Bonchev–Trinajstić information content (AvgIpc) is 1.64. The van der Waals surface area contributed by atoms with Crippen LogP contribution in [-0.2, 0) is 0 Å². The van der Waals surface area contributed by atoms with Crippen LogP contribution < -0.4 is 0 Å². The summed E-state index contributed by atoms with van der Waals surface area (Å²) in [6, 6.07) is 0. The summed E-state index contributed by atoms with van der Waals surface area (Å²) in [5.41, 5.74) is -1.40. The van der Waals surface area contributed by atoms with Crippen LogP contribution in [0.15, 0.2) is 0 Å². The molecule has 0 heterocycles. The van der Waals surface area contributed by atoms with E-state index in [0.29, 0.717) is 0 Å². The van der Waals surface area contributed by atoms with E-state index in [4.69, 9.17) is 6.42 Å². The third-order valence-corrected chi connectivity index (χ3v) is 1.70. The van der Waals surface area contributed by atoms with Crippen LogP contribution in [0.2, 0.25) is 0 Å². The Kier molecular flexibility index (Phi) is 1.93. The summed E-state index contributed by atoms with van der Waals surface area (Å²) in [5, 5.41) is 9.36. The Morgan fingerprint density at radius 2 is 1.56 bits per heavy atom. The Hall–Kier alpha value is -0.480. The average molecular weight is 125 g/mol. The van der Waals surface area contributed by atoms with Gasteiger partial charge in [0.2, 0.25) is 0 Å². The van der Waals surface area contributed by atoms with E-state index in [1.165, 1.54) is 0 Å². The predicted molar refractivity (Wildman–Crippen MR) is 37.2 cm³/mol. The van der Waals surface area contributed by atoms with Gasteiger partial charge in [-0.1, -0.05) is 26.7 Å². The third-order valence-electron chi connectivity index (χ3n) is 1.70. The lowest BCUT2D eigenvalue weighted by atomic mass is 9.79. The molecule has 1 atom stereocenters. The fourth-order valence-corrected chi connectivity index (χ4v) is 0.188. The Labute approximate surface area is 57.1 Å². The predicted octanol–water partition coefficient (Wildman–Crippen LogP) is 1.37. The van der Waals surface area contributed by atoms with Crippen molar-refractivity contribution >= 4 is 0 Å². The molecule has 0 saturated heterocycles. The third kappa shape index (κ3) is 1.73. The van der Waals surface area contributed by atoms with Gasteiger partial charge in [-0.15, -0.1) is 0 Å². The van der Waals surface area contributed by atoms with Crippen LogP contribution in [0, 0.1) is 17.8 Å². The van der Waals surface area contributed by atoms with Crippen molar-refractivity contribution in [3.8, 4) is 5.92 Å². The van der Waals surface area contributed by atoms with Crippen LogP contribution >= 0.6 is 0 Å². The minimum atomic E-state index is -1.10. The first-order valence-corrected chi connectivity index (χ1v) is 2.97. The molecule has 1 nitrogen and oxygen atoms in total. The largest absolute Gasteiger partial charge is 0.377 e. The molecule has 0 aliphatic rings. The van der Waals surface area contributed by atoms with E-state index in [1.807, 2.05) is 20.8 Å². The van der Waals surface area contributed by atoms with E-state index >= 15 is 0 Å². The van der Waals surface area contributed by atoms with Gasteiger partial charge in [-0.3, -0.25) is 0 Å². The Bertz CT molecular complexity index is 132. The van der Waals surface area contributed by atoms with Gasteiger partial charge >= 0.3 is 0 Å². The lowest BCUT2D eigenvalue weighted by Gasteiger charge is -2.31. The molecule has 0 fully saturated rings.